The van der Waals surface area contributed by atoms with E-state index in [2.05, 4.69) is 40.1 Å². The summed E-state index contributed by atoms with van der Waals surface area (Å²) in [4.78, 5) is 17.7. The molecule has 2 aromatic carbocycles. The van der Waals surface area contributed by atoms with Crippen LogP contribution in [0.1, 0.15) is 29.4 Å². The zero-order valence-corrected chi connectivity index (χ0v) is 19.9. The molecule has 1 aliphatic rings. The Hall–Kier alpha value is -3.19. The first-order chi connectivity index (χ1) is 15.9. The smallest absolute Gasteiger partial charge is 0.228 e. The van der Waals surface area contributed by atoms with E-state index in [0.717, 1.165) is 66.6 Å². The average molecular weight is 450 g/mol. The monoisotopic (exact) mass is 449 g/mol. The summed E-state index contributed by atoms with van der Waals surface area (Å²) in [6.07, 6.45) is 0.235. The van der Waals surface area contributed by atoms with Crippen LogP contribution in [0.5, 0.6) is 0 Å². The van der Waals surface area contributed by atoms with Crippen molar-refractivity contribution >= 4 is 17.3 Å². The molecule has 6 nitrogen and oxygen atoms in total. The van der Waals surface area contributed by atoms with Gasteiger partial charge >= 0.3 is 0 Å². The number of aromatic nitrogens is 2. The third kappa shape index (κ3) is 5.09. The van der Waals surface area contributed by atoms with Crippen LogP contribution in [0, 0.1) is 26.6 Å². The van der Waals surface area contributed by atoms with Gasteiger partial charge in [0.1, 0.15) is 5.82 Å². The second-order valence-corrected chi connectivity index (χ2v) is 8.69. The van der Waals surface area contributed by atoms with Gasteiger partial charge in [-0.2, -0.15) is 5.10 Å². The van der Waals surface area contributed by atoms with E-state index in [4.69, 9.17) is 0 Å². The Bertz CT molecular complexity index is 1130. The predicted octanol–water partition coefficient (Wildman–Crippen LogP) is 4.26. The van der Waals surface area contributed by atoms with Crippen molar-refractivity contribution in [3.8, 4) is 5.69 Å². The second-order valence-electron chi connectivity index (χ2n) is 8.69. The van der Waals surface area contributed by atoms with Gasteiger partial charge < -0.3 is 15.1 Å². The Morgan fingerprint density at radius 2 is 1.73 bits per heavy atom. The van der Waals surface area contributed by atoms with Gasteiger partial charge in [-0.3, -0.25) is 4.79 Å². The summed E-state index contributed by atoms with van der Waals surface area (Å²) >= 11 is 0. The maximum atomic E-state index is 13.3. The summed E-state index contributed by atoms with van der Waals surface area (Å²) in [5.74, 6) is -0.368. The number of rotatable bonds is 6. The van der Waals surface area contributed by atoms with E-state index < -0.39 is 0 Å². The number of nitrogens with zero attached hydrogens (tertiary/aromatic N) is 4. The van der Waals surface area contributed by atoms with Crippen molar-refractivity contribution in [2.75, 3.05) is 42.9 Å². The SMILES string of the molecule is CCN1CCN(c2ccc(NC(=O)Cc3c(C)nn(-c4ccc(F)cc4)c3C)cc2C)CC1. The molecule has 2 heterocycles. The number of amides is 1. The fourth-order valence-corrected chi connectivity index (χ4v) is 4.52. The van der Waals surface area contributed by atoms with Crippen molar-refractivity contribution < 1.29 is 9.18 Å². The third-order valence-corrected chi connectivity index (χ3v) is 6.49. The summed E-state index contributed by atoms with van der Waals surface area (Å²) < 4.78 is 15.0. The number of likely N-dealkylation sites (N-methyl/N-ethyl adjacent to an activating group) is 1. The zero-order chi connectivity index (χ0) is 23.5. The highest BCUT2D eigenvalue weighted by molar-refractivity contribution is 5.93. The van der Waals surface area contributed by atoms with Crippen LogP contribution in [0.25, 0.3) is 5.69 Å². The molecule has 4 rings (SSSR count). The zero-order valence-electron chi connectivity index (χ0n) is 19.9. The summed E-state index contributed by atoms with van der Waals surface area (Å²) in [6.45, 7) is 13.4. The minimum absolute atomic E-state index is 0.0800. The highest BCUT2D eigenvalue weighted by Gasteiger charge is 2.19. The van der Waals surface area contributed by atoms with Gasteiger partial charge in [0.05, 0.1) is 17.8 Å². The van der Waals surface area contributed by atoms with Crippen molar-refractivity contribution in [3.63, 3.8) is 0 Å². The van der Waals surface area contributed by atoms with Gasteiger partial charge in [0, 0.05) is 48.8 Å². The number of halogens is 1. The van der Waals surface area contributed by atoms with Gasteiger partial charge in [0.25, 0.3) is 0 Å². The maximum Gasteiger partial charge on any atom is 0.228 e. The molecule has 0 atom stereocenters. The molecule has 0 unspecified atom stereocenters. The molecule has 0 bridgehead atoms. The lowest BCUT2D eigenvalue weighted by molar-refractivity contribution is -0.115. The molecule has 0 aliphatic carbocycles. The average Bonchev–Trinajstić information content (AvgIpc) is 3.08. The molecule has 0 saturated carbocycles. The molecule has 1 aliphatic heterocycles. The van der Waals surface area contributed by atoms with Crippen molar-refractivity contribution in [3.05, 3.63) is 70.8 Å². The molecular formula is C26H32FN5O. The third-order valence-electron chi connectivity index (χ3n) is 6.49. The van der Waals surface area contributed by atoms with E-state index in [1.165, 1.54) is 17.8 Å². The molecular weight excluding hydrogens is 417 g/mol. The Labute approximate surface area is 195 Å². The number of benzene rings is 2. The van der Waals surface area contributed by atoms with Crippen molar-refractivity contribution in [1.29, 1.82) is 0 Å². The van der Waals surface area contributed by atoms with E-state index in [1.807, 2.05) is 26.0 Å². The molecule has 1 N–H and O–H groups in total. The number of aryl methyl sites for hydroxylation is 2. The maximum absolute atomic E-state index is 13.3. The molecule has 1 fully saturated rings. The van der Waals surface area contributed by atoms with Crippen LogP contribution >= 0.6 is 0 Å². The number of carbonyl (C=O) groups excluding carboxylic acids is 1. The molecule has 3 aromatic rings. The van der Waals surface area contributed by atoms with Gasteiger partial charge in [0.15, 0.2) is 0 Å². The molecule has 1 aromatic heterocycles. The normalized spacial score (nSPS) is 14.5. The molecule has 33 heavy (non-hydrogen) atoms. The quantitative estimate of drug-likeness (QED) is 0.611. The van der Waals surface area contributed by atoms with Crippen molar-refractivity contribution in [1.82, 2.24) is 14.7 Å². The lowest BCUT2D eigenvalue weighted by atomic mass is 10.1. The van der Waals surface area contributed by atoms with Crippen molar-refractivity contribution in [2.45, 2.75) is 34.1 Å². The van der Waals surface area contributed by atoms with Crippen molar-refractivity contribution in [2.24, 2.45) is 0 Å². The molecule has 174 valence electrons. The minimum Gasteiger partial charge on any atom is -0.369 e. The fourth-order valence-electron chi connectivity index (χ4n) is 4.52. The topological polar surface area (TPSA) is 53.4 Å². The lowest BCUT2D eigenvalue weighted by Crippen LogP contribution is -2.46. The number of hydrogen-bond acceptors (Lipinski definition) is 4. The minimum atomic E-state index is -0.288. The van der Waals surface area contributed by atoms with Crippen LogP contribution < -0.4 is 10.2 Å². The Morgan fingerprint density at radius 1 is 1.03 bits per heavy atom. The Morgan fingerprint density at radius 3 is 2.36 bits per heavy atom. The van der Waals surface area contributed by atoms with Crippen LogP contribution in [0.2, 0.25) is 0 Å². The number of anilines is 2. The van der Waals surface area contributed by atoms with E-state index >= 15 is 0 Å². The van der Waals surface area contributed by atoms with E-state index in [9.17, 15) is 9.18 Å². The van der Waals surface area contributed by atoms with Crippen LogP contribution in [0.4, 0.5) is 15.8 Å². The van der Waals surface area contributed by atoms with Gasteiger partial charge in [-0.1, -0.05) is 6.92 Å². The highest BCUT2D eigenvalue weighted by atomic mass is 19.1. The van der Waals surface area contributed by atoms with Crippen LogP contribution in [0.3, 0.4) is 0 Å². The van der Waals surface area contributed by atoms with E-state index in [-0.39, 0.29) is 18.1 Å². The number of nitrogens with one attached hydrogen (secondary N) is 1. The molecule has 7 heteroatoms. The largest absolute Gasteiger partial charge is 0.369 e. The van der Waals surface area contributed by atoms with Gasteiger partial charge in [-0.25, -0.2) is 9.07 Å². The van der Waals surface area contributed by atoms with Gasteiger partial charge in [-0.05, 0) is 75.3 Å². The molecule has 0 spiro atoms. The molecule has 1 saturated heterocycles. The first kappa shape index (κ1) is 23.0. The number of hydrogen-bond donors (Lipinski definition) is 1. The number of carbonyl (C=O) groups is 1. The fraction of sp³-hybridized carbons (Fsp3) is 0.385. The second kappa shape index (κ2) is 9.75. The predicted molar refractivity (Wildman–Crippen MR) is 131 cm³/mol. The summed E-state index contributed by atoms with van der Waals surface area (Å²) in [6, 6.07) is 12.3. The Kier molecular flexibility index (Phi) is 6.79. The van der Waals surface area contributed by atoms with Gasteiger partial charge in [0.2, 0.25) is 5.91 Å². The van der Waals surface area contributed by atoms with Crippen LogP contribution in [0.15, 0.2) is 42.5 Å². The summed E-state index contributed by atoms with van der Waals surface area (Å²) in [5, 5.41) is 7.60. The van der Waals surface area contributed by atoms with E-state index in [0.29, 0.717) is 0 Å². The van der Waals surface area contributed by atoms with Crippen LogP contribution in [-0.4, -0.2) is 53.3 Å². The first-order valence-electron chi connectivity index (χ1n) is 11.5. The number of piperazine rings is 1. The molecule has 1 amide bonds. The highest BCUT2D eigenvalue weighted by Crippen LogP contribution is 2.25. The Balaban J connectivity index is 1.43. The van der Waals surface area contributed by atoms with Crippen LogP contribution in [-0.2, 0) is 11.2 Å². The molecule has 0 radical (unpaired) electrons. The summed E-state index contributed by atoms with van der Waals surface area (Å²) in [7, 11) is 0. The van der Waals surface area contributed by atoms with Gasteiger partial charge in [-0.15, -0.1) is 0 Å². The summed E-state index contributed by atoms with van der Waals surface area (Å²) in [5.41, 5.74) is 6.53. The lowest BCUT2D eigenvalue weighted by Gasteiger charge is -2.36. The standard InChI is InChI=1S/C26H32FN5O/c1-5-30-12-14-31(15-13-30)25-11-8-22(16-18(25)2)28-26(33)17-24-19(3)29-32(20(24)4)23-9-6-21(27)7-10-23/h6-11,16H,5,12-15,17H2,1-4H3,(H,28,33). The van der Waals surface area contributed by atoms with E-state index in [1.54, 1.807) is 16.8 Å². The first-order valence-corrected chi connectivity index (χ1v) is 11.5.